The molecule has 2 aromatic rings. The number of nitrogens with one attached hydrogen (secondary N) is 1. The molecule has 106 valence electrons. The maximum atomic E-state index is 12.1. The maximum absolute atomic E-state index is 12.1. The molecule has 0 atom stereocenters. The van der Waals surface area contributed by atoms with Gasteiger partial charge in [0.2, 0.25) is 10.0 Å². The van der Waals surface area contributed by atoms with E-state index < -0.39 is 10.0 Å². The number of hydrogen-bond donors (Lipinski definition) is 2. The van der Waals surface area contributed by atoms with Crippen molar-refractivity contribution < 1.29 is 8.42 Å². The monoisotopic (exact) mass is 311 g/mol. The Morgan fingerprint density at radius 2 is 2.20 bits per heavy atom. The van der Waals surface area contributed by atoms with Crippen LogP contribution in [0.4, 0.5) is 0 Å². The van der Waals surface area contributed by atoms with Crippen LogP contribution in [0.15, 0.2) is 35.6 Å². The number of sulfonamides is 1. The smallest absolute Gasteiger partial charge is 0.242 e. The average molecular weight is 311 g/mol. The molecule has 0 spiro atoms. The molecule has 2 aromatic heterocycles. The van der Waals surface area contributed by atoms with Gasteiger partial charge >= 0.3 is 0 Å². The average Bonchev–Trinajstić information content (AvgIpc) is 2.82. The van der Waals surface area contributed by atoms with Crippen LogP contribution >= 0.6 is 12.2 Å². The molecule has 0 aliphatic carbocycles. The molecule has 0 unspecified atom stereocenters. The molecule has 7 nitrogen and oxygen atoms in total. The Hall–Kier alpha value is -1.84. The van der Waals surface area contributed by atoms with E-state index in [1.54, 1.807) is 24.1 Å². The Labute approximate surface area is 121 Å². The summed E-state index contributed by atoms with van der Waals surface area (Å²) in [6, 6.07) is 2.88. The Bertz CT molecular complexity index is 722. The zero-order valence-corrected chi connectivity index (χ0v) is 12.3. The van der Waals surface area contributed by atoms with Gasteiger partial charge in [-0.2, -0.15) is 5.10 Å². The third-order valence-corrected chi connectivity index (χ3v) is 4.12. The number of aryl methyl sites for hydroxylation is 1. The second-order valence-corrected chi connectivity index (χ2v) is 6.30. The van der Waals surface area contributed by atoms with E-state index in [1.807, 2.05) is 0 Å². The van der Waals surface area contributed by atoms with Crippen molar-refractivity contribution in [3.05, 3.63) is 42.0 Å². The molecule has 0 aliphatic heterocycles. The summed E-state index contributed by atoms with van der Waals surface area (Å²) in [5, 5.41) is 3.96. The van der Waals surface area contributed by atoms with Gasteiger partial charge in [0, 0.05) is 31.5 Å². The Morgan fingerprint density at radius 3 is 2.70 bits per heavy atom. The summed E-state index contributed by atoms with van der Waals surface area (Å²) < 4.78 is 28.2. The van der Waals surface area contributed by atoms with E-state index in [0.29, 0.717) is 5.69 Å². The van der Waals surface area contributed by atoms with Crippen LogP contribution in [0.2, 0.25) is 0 Å². The molecule has 0 saturated carbocycles. The van der Waals surface area contributed by atoms with E-state index in [9.17, 15) is 8.42 Å². The highest BCUT2D eigenvalue weighted by molar-refractivity contribution is 7.89. The number of rotatable bonds is 5. The van der Waals surface area contributed by atoms with Crippen molar-refractivity contribution in [3.8, 4) is 0 Å². The molecule has 0 bridgehead atoms. The van der Waals surface area contributed by atoms with E-state index in [2.05, 4.69) is 14.8 Å². The fraction of sp³-hybridized carbons (Fsp3) is 0.182. The predicted octanol–water partition coefficient (Wildman–Crippen LogP) is -0.0722. The van der Waals surface area contributed by atoms with Crippen LogP contribution in [0.5, 0.6) is 0 Å². The fourth-order valence-electron chi connectivity index (χ4n) is 1.51. The van der Waals surface area contributed by atoms with Gasteiger partial charge in [0.25, 0.3) is 0 Å². The Kier molecular flexibility index (Phi) is 4.12. The summed E-state index contributed by atoms with van der Waals surface area (Å²) >= 11 is 4.76. The third kappa shape index (κ3) is 3.38. The van der Waals surface area contributed by atoms with Crippen molar-refractivity contribution in [2.24, 2.45) is 12.8 Å². The lowest BCUT2D eigenvalue weighted by molar-refractivity contribution is 0.581. The molecule has 0 fully saturated rings. The van der Waals surface area contributed by atoms with E-state index in [1.165, 1.54) is 18.3 Å². The minimum absolute atomic E-state index is 0.0568. The summed E-state index contributed by atoms with van der Waals surface area (Å²) in [4.78, 5) is 4.08. The molecular formula is C11H13N5O2S2. The van der Waals surface area contributed by atoms with Gasteiger partial charge in [0.15, 0.2) is 0 Å². The van der Waals surface area contributed by atoms with Crippen LogP contribution in [-0.2, 0) is 23.6 Å². The number of pyridine rings is 1. The summed E-state index contributed by atoms with van der Waals surface area (Å²) in [6.45, 7) is 0.160. The van der Waals surface area contributed by atoms with Crippen molar-refractivity contribution >= 4 is 27.2 Å². The van der Waals surface area contributed by atoms with Crippen LogP contribution in [0.3, 0.4) is 0 Å². The fourth-order valence-corrected chi connectivity index (χ4v) is 2.59. The van der Waals surface area contributed by atoms with E-state index >= 15 is 0 Å². The third-order valence-electron chi connectivity index (χ3n) is 2.52. The first-order chi connectivity index (χ1) is 9.38. The standard InChI is InChI=1S/C11H13N5O2S2/c1-16-7-8(4-14-16)5-15-20(17,18)9-2-3-10(11(12)19)13-6-9/h2-4,6-7,15H,5H2,1H3,(H2,12,19). The molecule has 0 aromatic carbocycles. The quantitative estimate of drug-likeness (QED) is 0.749. The predicted molar refractivity (Wildman–Crippen MR) is 77.4 cm³/mol. The molecule has 2 rings (SSSR count). The highest BCUT2D eigenvalue weighted by atomic mass is 32.2. The molecule has 3 N–H and O–H groups in total. The van der Waals surface area contributed by atoms with Crippen LogP contribution in [0, 0.1) is 0 Å². The van der Waals surface area contributed by atoms with Gasteiger partial charge in [-0.05, 0) is 12.1 Å². The number of aromatic nitrogens is 3. The summed E-state index contributed by atoms with van der Waals surface area (Å²) in [6.07, 6.45) is 4.55. The molecule has 9 heteroatoms. The number of hydrogen-bond acceptors (Lipinski definition) is 5. The second kappa shape index (κ2) is 5.65. The van der Waals surface area contributed by atoms with Crippen molar-refractivity contribution in [2.45, 2.75) is 11.4 Å². The van der Waals surface area contributed by atoms with Crippen molar-refractivity contribution in [2.75, 3.05) is 0 Å². The van der Waals surface area contributed by atoms with Crippen LogP contribution < -0.4 is 10.5 Å². The van der Waals surface area contributed by atoms with Crippen LogP contribution in [0.25, 0.3) is 0 Å². The first-order valence-electron chi connectivity index (χ1n) is 5.61. The lowest BCUT2D eigenvalue weighted by Crippen LogP contribution is -2.23. The minimum Gasteiger partial charge on any atom is -0.388 e. The zero-order valence-electron chi connectivity index (χ0n) is 10.6. The van der Waals surface area contributed by atoms with Gasteiger partial charge in [-0.1, -0.05) is 12.2 Å². The minimum atomic E-state index is -3.63. The molecule has 20 heavy (non-hydrogen) atoms. The largest absolute Gasteiger partial charge is 0.388 e. The van der Waals surface area contributed by atoms with Crippen molar-refractivity contribution in [1.29, 1.82) is 0 Å². The summed E-state index contributed by atoms with van der Waals surface area (Å²) in [7, 11) is -1.87. The Morgan fingerprint density at radius 1 is 1.45 bits per heavy atom. The van der Waals surface area contributed by atoms with Crippen LogP contribution in [-0.4, -0.2) is 28.2 Å². The molecule has 2 heterocycles. The first kappa shape index (κ1) is 14.6. The zero-order chi connectivity index (χ0) is 14.8. The highest BCUT2D eigenvalue weighted by Crippen LogP contribution is 2.09. The molecule has 0 aliphatic rings. The van der Waals surface area contributed by atoms with E-state index in [-0.39, 0.29) is 16.4 Å². The molecule has 0 radical (unpaired) electrons. The second-order valence-electron chi connectivity index (χ2n) is 4.09. The van der Waals surface area contributed by atoms with Crippen molar-refractivity contribution in [1.82, 2.24) is 19.5 Å². The lowest BCUT2D eigenvalue weighted by Gasteiger charge is -2.05. The highest BCUT2D eigenvalue weighted by Gasteiger charge is 2.14. The SMILES string of the molecule is Cn1cc(CNS(=O)(=O)c2ccc(C(N)=S)nc2)cn1. The van der Waals surface area contributed by atoms with Gasteiger partial charge < -0.3 is 5.73 Å². The van der Waals surface area contributed by atoms with E-state index in [4.69, 9.17) is 18.0 Å². The van der Waals surface area contributed by atoms with Gasteiger partial charge in [-0.15, -0.1) is 0 Å². The van der Waals surface area contributed by atoms with Crippen LogP contribution in [0.1, 0.15) is 11.3 Å². The van der Waals surface area contributed by atoms with Gasteiger partial charge in [0.05, 0.1) is 11.9 Å². The van der Waals surface area contributed by atoms with Crippen molar-refractivity contribution in [3.63, 3.8) is 0 Å². The van der Waals surface area contributed by atoms with E-state index in [0.717, 1.165) is 5.56 Å². The Balaban J connectivity index is 2.11. The van der Waals surface area contributed by atoms with Gasteiger partial charge in [-0.3, -0.25) is 9.67 Å². The molecule has 0 saturated heterocycles. The summed E-state index contributed by atoms with van der Waals surface area (Å²) in [5.74, 6) is 0. The number of nitrogens with two attached hydrogens (primary N) is 1. The molecular weight excluding hydrogens is 298 g/mol. The topological polar surface area (TPSA) is 103 Å². The van der Waals surface area contributed by atoms with Gasteiger partial charge in [0.1, 0.15) is 9.88 Å². The lowest BCUT2D eigenvalue weighted by atomic mass is 10.3. The maximum Gasteiger partial charge on any atom is 0.242 e. The normalized spacial score (nSPS) is 11.4. The number of thiocarbonyl (C=S) groups is 1. The summed E-state index contributed by atoms with van der Waals surface area (Å²) in [5.41, 5.74) is 6.55. The first-order valence-corrected chi connectivity index (χ1v) is 7.51. The van der Waals surface area contributed by atoms with Gasteiger partial charge in [-0.25, -0.2) is 13.1 Å². The number of nitrogens with zero attached hydrogens (tertiary/aromatic N) is 3. The molecule has 0 amide bonds.